The van der Waals surface area contributed by atoms with Crippen molar-refractivity contribution in [2.75, 3.05) is 7.05 Å². The number of rotatable bonds is 4. The highest BCUT2D eigenvalue weighted by atomic mass is 79.9. The predicted molar refractivity (Wildman–Crippen MR) is 78.0 cm³/mol. The molecule has 0 aromatic heterocycles. The maximum absolute atomic E-state index is 13.2. The van der Waals surface area contributed by atoms with Crippen molar-refractivity contribution >= 4 is 15.9 Å². The van der Waals surface area contributed by atoms with Gasteiger partial charge in [0.25, 0.3) is 0 Å². The molecule has 0 heterocycles. The van der Waals surface area contributed by atoms with E-state index in [0.717, 1.165) is 28.2 Å². The molecule has 2 aromatic carbocycles. The number of hydrogen-bond acceptors (Lipinski definition) is 2. The number of ether oxygens (including phenoxy) is 1. The average molecular weight is 342 g/mol. The van der Waals surface area contributed by atoms with Crippen molar-refractivity contribution in [1.82, 2.24) is 5.32 Å². The Morgan fingerprint density at radius 2 is 1.75 bits per heavy atom. The van der Waals surface area contributed by atoms with Crippen molar-refractivity contribution in [2.24, 2.45) is 0 Å². The maximum Gasteiger partial charge on any atom is 0.133 e. The van der Waals surface area contributed by atoms with Gasteiger partial charge < -0.3 is 10.1 Å². The number of hydrogen-bond donors (Lipinski definition) is 1. The molecule has 1 unspecified atom stereocenters. The Labute approximate surface area is 124 Å². The van der Waals surface area contributed by atoms with Crippen LogP contribution in [0.4, 0.5) is 8.78 Å². The summed E-state index contributed by atoms with van der Waals surface area (Å²) in [5.41, 5.74) is 0.903. The molecule has 20 heavy (non-hydrogen) atoms. The second kappa shape index (κ2) is 6.33. The lowest BCUT2D eigenvalue weighted by atomic mass is 10.1. The smallest absolute Gasteiger partial charge is 0.133 e. The van der Waals surface area contributed by atoms with Crippen LogP contribution in [0.3, 0.4) is 0 Å². The topological polar surface area (TPSA) is 21.3 Å². The van der Waals surface area contributed by atoms with E-state index < -0.39 is 11.6 Å². The van der Waals surface area contributed by atoms with E-state index in [0.29, 0.717) is 5.75 Å². The van der Waals surface area contributed by atoms with E-state index in [1.165, 1.54) is 0 Å². The maximum atomic E-state index is 13.2. The molecule has 1 N–H and O–H groups in total. The highest BCUT2D eigenvalue weighted by Gasteiger charge is 2.12. The van der Waals surface area contributed by atoms with Crippen LogP contribution >= 0.6 is 15.9 Å². The summed E-state index contributed by atoms with van der Waals surface area (Å²) in [6.07, 6.45) is 0. The lowest BCUT2D eigenvalue weighted by Crippen LogP contribution is -2.13. The van der Waals surface area contributed by atoms with Crippen LogP contribution in [0.15, 0.2) is 40.9 Å². The first-order valence-corrected chi connectivity index (χ1v) is 6.89. The summed E-state index contributed by atoms with van der Waals surface area (Å²) in [4.78, 5) is 0. The lowest BCUT2D eigenvalue weighted by molar-refractivity contribution is 0.454. The standard InChI is InChI=1S/C15H14BrF2NO/c1-9(19-2)14-4-3-10(16)5-15(14)20-13-7-11(17)6-12(18)8-13/h3-9,19H,1-2H3. The lowest BCUT2D eigenvalue weighted by Gasteiger charge is -2.16. The first-order valence-electron chi connectivity index (χ1n) is 6.10. The Bertz CT molecular complexity index is 599. The molecule has 0 saturated heterocycles. The fraction of sp³-hybridized carbons (Fsp3) is 0.200. The third-order valence-corrected chi connectivity index (χ3v) is 3.43. The fourth-order valence-corrected chi connectivity index (χ4v) is 2.16. The van der Waals surface area contributed by atoms with E-state index in [1.807, 2.05) is 26.1 Å². The average Bonchev–Trinajstić information content (AvgIpc) is 2.37. The second-order valence-corrected chi connectivity index (χ2v) is 5.32. The minimum Gasteiger partial charge on any atom is -0.457 e. The number of benzene rings is 2. The van der Waals surface area contributed by atoms with E-state index in [4.69, 9.17) is 4.74 Å². The van der Waals surface area contributed by atoms with Gasteiger partial charge in [-0.25, -0.2) is 8.78 Å². The quantitative estimate of drug-likeness (QED) is 0.862. The minimum atomic E-state index is -0.668. The molecule has 2 rings (SSSR count). The zero-order valence-electron chi connectivity index (χ0n) is 11.1. The molecule has 1 atom stereocenters. The van der Waals surface area contributed by atoms with Crippen molar-refractivity contribution in [3.63, 3.8) is 0 Å². The van der Waals surface area contributed by atoms with E-state index in [1.54, 1.807) is 6.07 Å². The van der Waals surface area contributed by atoms with Crippen LogP contribution < -0.4 is 10.1 Å². The Balaban J connectivity index is 2.39. The molecule has 0 saturated carbocycles. The first-order chi connectivity index (χ1) is 9.49. The van der Waals surface area contributed by atoms with E-state index in [2.05, 4.69) is 21.2 Å². The van der Waals surface area contributed by atoms with Crippen LogP contribution in [-0.4, -0.2) is 7.05 Å². The van der Waals surface area contributed by atoms with Gasteiger partial charge in [-0.15, -0.1) is 0 Å². The van der Waals surface area contributed by atoms with Crippen LogP contribution in [-0.2, 0) is 0 Å². The van der Waals surface area contributed by atoms with Crippen LogP contribution in [0, 0.1) is 11.6 Å². The molecule has 0 amide bonds. The van der Waals surface area contributed by atoms with Gasteiger partial charge in [0.2, 0.25) is 0 Å². The Hall–Kier alpha value is -1.46. The largest absolute Gasteiger partial charge is 0.457 e. The van der Waals surface area contributed by atoms with Gasteiger partial charge in [0.05, 0.1) is 0 Å². The van der Waals surface area contributed by atoms with E-state index >= 15 is 0 Å². The summed E-state index contributed by atoms with van der Waals surface area (Å²) >= 11 is 3.36. The van der Waals surface area contributed by atoms with E-state index in [-0.39, 0.29) is 11.8 Å². The summed E-state index contributed by atoms with van der Waals surface area (Å²) in [7, 11) is 1.83. The van der Waals surface area contributed by atoms with Crippen LogP contribution in [0.5, 0.6) is 11.5 Å². The molecule has 0 fully saturated rings. The van der Waals surface area contributed by atoms with Gasteiger partial charge in [0.1, 0.15) is 23.1 Å². The molecule has 0 aliphatic carbocycles. The van der Waals surface area contributed by atoms with Gasteiger partial charge in [-0.3, -0.25) is 0 Å². The molecule has 0 spiro atoms. The Morgan fingerprint density at radius 3 is 2.35 bits per heavy atom. The van der Waals surface area contributed by atoms with Gasteiger partial charge in [-0.2, -0.15) is 0 Å². The van der Waals surface area contributed by atoms with Crippen molar-refractivity contribution in [2.45, 2.75) is 13.0 Å². The SMILES string of the molecule is CNC(C)c1ccc(Br)cc1Oc1cc(F)cc(F)c1. The summed E-state index contributed by atoms with van der Waals surface area (Å²) in [5, 5.41) is 3.11. The molecular formula is C15H14BrF2NO. The van der Waals surface area contributed by atoms with Crippen LogP contribution in [0.2, 0.25) is 0 Å². The van der Waals surface area contributed by atoms with Gasteiger partial charge in [0.15, 0.2) is 0 Å². The summed E-state index contributed by atoms with van der Waals surface area (Å²) < 4.78 is 32.8. The molecule has 0 bridgehead atoms. The predicted octanol–water partition coefficient (Wildman–Crippen LogP) is 4.80. The van der Waals surface area contributed by atoms with Crippen molar-refractivity contribution in [3.8, 4) is 11.5 Å². The van der Waals surface area contributed by atoms with Crippen LogP contribution in [0.25, 0.3) is 0 Å². The van der Waals surface area contributed by atoms with Crippen molar-refractivity contribution in [3.05, 3.63) is 58.1 Å². The molecular weight excluding hydrogens is 328 g/mol. The van der Waals surface area contributed by atoms with Gasteiger partial charge in [-0.05, 0) is 26.1 Å². The fourth-order valence-electron chi connectivity index (χ4n) is 1.82. The second-order valence-electron chi connectivity index (χ2n) is 4.40. The van der Waals surface area contributed by atoms with Crippen molar-refractivity contribution in [1.29, 1.82) is 0 Å². The highest BCUT2D eigenvalue weighted by molar-refractivity contribution is 9.10. The Morgan fingerprint density at radius 1 is 1.10 bits per heavy atom. The van der Waals surface area contributed by atoms with Gasteiger partial charge >= 0.3 is 0 Å². The molecule has 0 radical (unpaired) electrons. The molecule has 0 aliphatic rings. The summed E-state index contributed by atoms with van der Waals surface area (Å²) in [6, 6.07) is 8.72. The zero-order valence-corrected chi connectivity index (χ0v) is 12.7. The summed E-state index contributed by atoms with van der Waals surface area (Å²) in [6.45, 7) is 1.97. The Kier molecular flexibility index (Phi) is 4.73. The third kappa shape index (κ3) is 3.55. The van der Waals surface area contributed by atoms with E-state index in [9.17, 15) is 8.78 Å². The molecule has 5 heteroatoms. The molecule has 2 aromatic rings. The monoisotopic (exact) mass is 341 g/mol. The molecule has 106 valence electrons. The first kappa shape index (κ1) is 14.9. The number of nitrogens with one attached hydrogen (secondary N) is 1. The van der Waals surface area contributed by atoms with Gasteiger partial charge in [-0.1, -0.05) is 22.0 Å². The van der Waals surface area contributed by atoms with Gasteiger partial charge in [0, 0.05) is 34.3 Å². The van der Waals surface area contributed by atoms with Crippen molar-refractivity contribution < 1.29 is 13.5 Å². The molecule has 0 aliphatic heterocycles. The minimum absolute atomic E-state index is 0.0523. The third-order valence-electron chi connectivity index (χ3n) is 2.94. The molecule has 2 nitrogen and oxygen atoms in total. The highest BCUT2D eigenvalue weighted by Crippen LogP contribution is 2.32. The number of halogens is 3. The normalized spacial score (nSPS) is 12.2. The zero-order chi connectivity index (χ0) is 14.7. The summed E-state index contributed by atoms with van der Waals surface area (Å²) in [5.74, 6) is -0.659. The van der Waals surface area contributed by atoms with Crippen LogP contribution in [0.1, 0.15) is 18.5 Å².